The van der Waals surface area contributed by atoms with Crippen molar-refractivity contribution >= 4 is 6.08 Å². The van der Waals surface area contributed by atoms with E-state index < -0.39 is 0 Å². The van der Waals surface area contributed by atoms with E-state index in [0.29, 0.717) is 13.2 Å². The van der Waals surface area contributed by atoms with Crippen molar-refractivity contribution in [2.45, 2.75) is 6.61 Å². The highest BCUT2D eigenvalue weighted by atomic mass is 16.5. The van der Waals surface area contributed by atoms with E-state index in [4.69, 9.17) is 9.84 Å². The van der Waals surface area contributed by atoms with Crippen LogP contribution in [0.2, 0.25) is 0 Å². The Bertz CT molecular complexity index is 463. The van der Waals surface area contributed by atoms with Crippen molar-refractivity contribution in [1.82, 2.24) is 15.4 Å². The number of ether oxygens (including phenoxy) is 1. The van der Waals surface area contributed by atoms with Crippen LogP contribution < -0.4 is 0 Å². The van der Waals surface area contributed by atoms with E-state index in [-0.39, 0.29) is 5.75 Å². The molecule has 0 spiro atoms. The third kappa shape index (κ3) is 3.73. The van der Waals surface area contributed by atoms with Gasteiger partial charge in [0.15, 0.2) is 0 Å². The molecule has 0 fully saturated rings. The number of phenolic OH excluding ortho intramolecular Hbond substituents is 1. The summed E-state index contributed by atoms with van der Waals surface area (Å²) in [5.74, 6) is 0.268. The minimum atomic E-state index is 0.268. The van der Waals surface area contributed by atoms with Gasteiger partial charge in [-0.15, -0.1) is 0 Å². The lowest BCUT2D eigenvalue weighted by molar-refractivity contribution is 0.146. The van der Waals surface area contributed by atoms with Crippen LogP contribution in [0.25, 0.3) is 6.08 Å². The lowest BCUT2D eigenvalue weighted by Crippen LogP contribution is -1.92. The summed E-state index contributed by atoms with van der Waals surface area (Å²) in [6.07, 6.45) is 5.47. The third-order valence-corrected chi connectivity index (χ3v) is 2.13. The highest BCUT2D eigenvalue weighted by Gasteiger charge is 1.93. The summed E-state index contributed by atoms with van der Waals surface area (Å²) in [6.45, 7) is 0.949. The van der Waals surface area contributed by atoms with Gasteiger partial charge in [0.25, 0.3) is 0 Å². The molecule has 0 aliphatic carbocycles. The second-order valence-corrected chi connectivity index (χ2v) is 3.47. The molecule has 0 saturated carbocycles. The second kappa shape index (κ2) is 5.81. The van der Waals surface area contributed by atoms with Crippen LogP contribution in [0.15, 0.2) is 36.5 Å². The molecular formula is C12H13N3O2. The van der Waals surface area contributed by atoms with Gasteiger partial charge in [0.05, 0.1) is 19.4 Å². The Hall–Kier alpha value is -2.14. The Kier molecular flexibility index (Phi) is 3.88. The van der Waals surface area contributed by atoms with Crippen LogP contribution in [0.5, 0.6) is 5.75 Å². The van der Waals surface area contributed by atoms with E-state index in [9.17, 15) is 0 Å². The number of aromatic amines is 1. The van der Waals surface area contributed by atoms with Gasteiger partial charge in [0, 0.05) is 0 Å². The Morgan fingerprint density at radius 2 is 2.12 bits per heavy atom. The molecule has 88 valence electrons. The average Bonchev–Trinajstić information content (AvgIpc) is 2.84. The maximum Gasteiger partial charge on any atom is 0.115 e. The molecule has 17 heavy (non-hydrogen) atoms. The van der Waals surface area contributed by atoms with Crippen molar-refractivity contribution in [3.05, 3.63) is 47.8 Å². The molecule has 5 heteroatoms. The summed E-state index contributed by atoms with van der Waals surface area (Å²) in [5.41, 5.74) is 1.80. The average molecular weight is 231 g/mol. The fraction of sp³-hybridized carbons (Fsp3) is 0.167. The predicted molar refractivity (Wildman–Crippen MR) is 63.2 cm³/mol. The Morgan fingerprint density at radius 3 is 2.82 bits per heavy atom. The zero-order valence-electron chi connectivity index (χ0n) is 9.21. The zero-order valence-corrected chi connectivity index (χ0v) is 9.21. The maximum atomic E-state index is 9.11. The number of nitrogens with one attached hydrogen (secondary N) is 1. The topological polar surface area (TPSA) is 71.0 Å². The van der Waals surface area contributed by atoms with E-state index in [1.807, 2.05) is 24.3 Å². The molecule has 0 amide bonds. The number of rotatable bonds is 5. The smallest absolute Gasteiger partial charge is 0.115 e. The maximum absolute atomic E-state index is 9.11. The van der Waals surface area contributed by atoms with Gasteiger partial charge >= 0.3 is 0 Å². The van der Waals surface area contributed by atoms with Crippen molar-refractivity contribution in [2.24, 2.45) is 0 Å². The van der Waals surface area contributed by atoms with Crippen LogP contribution in [0.4, 0.5) is 0 Å². The number of aromatic hydroxyl groups is 1. The molecule has 2 N–H and O–H groups in total. The predicted octanol–water partition coefficient (Wildman–Crippen LogP) is 1.74. The number of phenols is 1. The van der Waals surface area contributed by atoms with Gasteiger partial charge < -0.3 is 9.84 Å². The molecule has 0 unspecified atom stereocenters. The standard InChI is InChI=1S/C12H13N3O2/c16-12-5-3-10(4-6-12)2-1-7-17-9-11-8-13-15-14-11/h1-6,8,16H,7,9H2,(H,13,14,15)/b2-1+. The highest BCUT2D eigenvalue weighted by molar-refractivity contribution is 5.50. The monoisotopic (exact) mass is 231 g/mol. The highest BCUT2D eigenvalue weighted by Crippen LogP contribution is 2.10. The fourth-order valence-corrected chi connectivity index (χ4v) is 1.30. The van der Waals surface area contributed by atoms with Crippen molar-refractivity contribution in [1.29, 1.82) is 0 Å². The van der Waals surface area contributed by atoms with Gasteiger partial charge in [-0.25, -0.2) is 0 Å². The molecule has 5 nitrogen and oxygen atoms in total. The first-order valence-corrected chi connectivity index (χ1v) is 5.22. The van der Waals surface area contributed by atoms with Crippen LogP contribution in [-0.4, -0.2) is 27.1 Å². The lowest BCUT2D eigenvalue weighted by atomic mass is 10.2. The molecule has 0 aliphatic rings. The number of benzene rings is 1. The summed E-state index contributed by atoms with van der Waals surface area (Å²) in [6, 6.07) is 6.97. The van der Waals surface area contributed by atoms with Crippen molar-refractivity contribution in [2.75, 3.05) is 6.61 Å². The quantitative estimate of drug-likeness (QED) is 0.769. The molecule has 0 radical (unpaired) electrons. The summed E-state index contributed by atoms with van der Waals surface area (Å²) in [4.78, 5) is 0. The molecular weight excluding hydrogens is 218 g/mol. The number of nitrogens with zero attached hydrogens (tertiary/aromatic N) is 2. The normalized spacial score (nSPS) is 11.1. The number of hydrogen-bond donors (Lipinski definition) is 2. The molecule has 0 atom stereocenters. The summed E-state index contributed by atoms with van der Waals surface area (Å²) in [5, 5.41) is 19.2. The van der Waals surface area contributed by atoms with E-state index in [2.05, 4.69) is 15.4 Å². The molecule has 0 saturated heterocycles. The Morgan fingerprint density at radius 1 is 1.29 bits per heavy atom. The van der Waals surface area contributed by atoms with Gasteiger partial charge in [-0.2, -0.15) is 15.4 Å². The SMILES string of the molecule is Oc1ccc(/C=C/COCc2cn[nH]n2)cc1. The van der Waals surface area contributed by atoms with E-state index in [1.54, 1.807) is 18.3 Å². The van der Waals surface area contributed by atoms with Crippen LogP contribution in [-0.2, 0) is 11.3 Å². The van der Waals surface area contributed by atoms with E-state index >= 15 is 0 Å². The first-order chi connectivity index (χ1) is 8.34. The fourth-order valence-electron chi connectivity index (χ4n) is 1.30. The van der Waals surface area contributed by atoms with E-state index in [0.717, 1.165) is 11.3 Å². The zero-order chi connectivity index (χ0) is 11.9. The van der Waals surface area contributed by atoms with Crippen molar-refractivity contribution in [3.63, 3.8) is 0 Å². The van der Waals surface area contributed by atoms with Gasteiger partial charge in [-0.1, -0.05) is 24.3 Å². The molecule has 0 aliphatic heterocycles. The number of hydrogen-bond acceptors (Lipinski definition) is 4. The molecule has 1 aromatic heterocycles. The Labute approximate surface area is 98.8 Å². The first kappa shape index (κ1) is 11.3. The molecule has 2 aromatic rings. The minimum Gasteiger partial charge on any atom is -0.508 e. The van der Waals surface area contributed by atoms with Crippen LogP contribution >= 0.6 is 0 Å². The number of aromatic nitrogens is 3. The van der Waals surface area contributed by atoms with Crippen molar-refractivity contribution < 1.29 is 9.84 Å². The van der Waals surface area contributed by atoms with Crippen LogP contribution in [0, 0.1) is 0 Å². The molecule has 1 aromatic carbocycles. The van der Waals surface area contributed by atoms with Gasteiger partial charge in [0.1, 0.15) is 11.4 Å². The van der Waals surface area contributed by atoms with Gasteiger partial charge in [-0.3, -0.25) is 0 Å². The Balaban J connectivity index is 1.73. The largest absolute Gasteiger partial charge is 0.508 e. The van der Waals surface area contributed by atoms with Gasteiger partial charge in [0.2, 0.25) is 0 Å². The first-order valence-electron chi connectivity index (χ1n) is 5.22. The summed E-state index contributed by atoms with van der Waals surface area (Å²) < 4.78 is 5.36. The van der Waals surface area contributed by atoms with E-state index in [1.165, 1.54) is 0 Å². The summed E-state index contributed by atoms with van der Waals surface area (Å²) >= 11 is 0. The van der Waals surface area contributed by atoms with Crippen LogP contribution in [0.1, 0.15) is 11.3 Å². The number of H-pyrrole nitrogens is 1. The van der Waals surface area contributed by atoms with Crippen molar-refractivity contribution in [3.8, 4) is 5.75 Å². The van der Waals surface area contributed by atoms with Gasteiger partial charge in [-0.05, 0) is 17.7 Å². The molecule has 2 rings (SSSR count). The second-order valence-electron chi connectivity index (χ2n) is 3.47. The molecule has 1 heterocycles. The minimum absolute atomic E-state index is 0.268. The molecule has 0 bridgehead atoms. The summed E-state index contributed by atoms with van der Waals surface area (Å²) in [7, 11) is 0. The lowest BCUT2D eigenvalue weighted by Gasteiger charge is -1.97. The third-order valence-electron chi connectivity index (χ3n) is 2.13. The van der Waals surface area contributed by atoms with Crippen LogP contribution in [0.3, 0.4) is 0 Å².